The fourth-order valence-electron chi connectivity index (χ4n) is 2.51. The van der Waals surface area contributed by atoms with Gasteiger partial charge in [0.15, 0.2) is 11.5 Å². The molecule has 0 aliphatic carbocycles. The van der Waals surface area contributed by atoms with E-state index in [9.17, 15) is 4.79 Å². The lowest BCUT2D eigenvalue weighted by atomic mass is 10.2. The van der Waals surface area contributed by atoms with E-state index in [1.807, 2.05) is 18.2 Å². The molecule has 0 spiro atoms. The monoisotopic (exact) mass is 405 g/mol. The van der Waals surface area contributed by atoms with Crippen molar-refractivity contribution in [2.24, 2.45) is 0 Å². The Bertz CT molecular complexity index is 721. The quantitative estimate of drug-likeness (QED) is 0.682. The first-order valence-corrected chi connectivity index (χ1v) is 9.02. The van der Waals surface area contributed by atoms with E-state index >= 15 is 0 Å². The van der Waals surface area contributed by atoms with E-state index in [2.05, 4.69) is 33.4 Å². The smallest absolute Gasteiger partial charge is 0.251 e. The van der Waals surface area contributed by atoms with Crippen molar-refractivity contribution < 1.29 is 19.0 Å². The SMILES string of the molecule is O=C(NCCCOCCc1ccccc1)c1cc(Br)c2c(c1)OCO2. The Morgan fingerprint density at radius 3 is 2.84 bits per heavy atom. The Balaban J connectivity index is 1.34. The number of hydrogen-bond acceptors (Lipinski definition) is 4. The number of halogens is 1. The fourth-order valence-corrected chi connectivity index (χ4v) is 3.07. The molecular weight excluding hydrogens is 386 g/mol. The minimum Gasteiger partial charge on any atom is -0.454 e. The summed E-state index contributed by atoms with van der Waals surface area (Å²) in [7, 11) is 0. The van der Waals surface area contributed by atoms with Crippen LogP contribution in [0.25, 0.3) is 0 Å². The van der Waals surface area contributed by atoms with Crippen LogP contribution in [-0.2, 0) is 11.2 Å². The van der Waals surface area contributed by atoms with Crippen molar-refractivity contribution in [1.82, 2.24) is 5.32 Å². The topological polar surface area (TPSA) is 56.8 Å². The van der Waals surface area contributed by atoms with E-state index < -0.39 is 0 Å². The van der Waals surface area contributed by atoms with Gasteiger partial charge in [0.05, 0.1) is 11.1 Å². The van der Waals surface area contributed by atoms with E-state index in [0.29, 0.717) is 36.8 Å². The molecule has 1 aliphatic heterocycles. The van der Waals surface area contributed by atoms with Crippen LogP contribution < -0.4 is 14.8 Å². The first-order valence-electron chi connectivity index (χ1n) is 8.23. The van der Waals surface area contributed by atoms with Gasteiger partial charge in [0, 0.05) is 18.7 Å². The van der Waals surface area contributed by atoms with E-state index in [1.54, 1.807) is 12.1 Å². The van der Waals surface area contributed by atoms with Crippen LogP contribution in [0.1, 0.15) is 22.3 Å². The molecule has 0 saturated carbocycles. The molecule has 0 atom stereocenters. The van der Waals surface area contributed by atoms with Crippen LogP contribution in [0, 0.1) is 0 Å². The molecule has 0 saturated heterocycles. The summed E-state index contributed by atoms with van der Waals surface area (Å²) in [5.74, 6) is 1.09. The highest BCUT2D eigenvalue weighted by molar-refractivity contribution is 9.10. The largest absolute Gasteiger partial charge is 0.454 e. The standard InChI is InChI=1S/C19H20BrNO4/c20-16-11-15(12-17-18(16)25-13-24-17)19(22)21-8-4-9-23-10-7-14-5-2-1-3-6-14/h1-3,5-6,11-12H,4,7-10,13H2,(H,21,22). The number of amides is 1. The van der Waals surface area contributed by atoms with Gasteiger partial charge in [-0.25, -0.2) is 0 Å². The van der Waals surface area contributed by atoms with E-state index in [-0.39, 0.29) is 12.7 Å². The molecule has 0 aromatic heterocycles. The van der Waals surface area contributed by atoms with Crippen molar-refractivity contribution in [1.29, 1.82) is 0 Å². The van der Waals surface area contributed by atoms with Crippen LogP contribution in [0.4, 0.5) is 0 Å². The molecule has 3 rings (SSSR count). The molecule has 5 nitrogen and oxygen atoms in total. The van der Waals surface area contributed by atoms with Crippen molar-refractivity contribution in [3.05, 3.63) is 58.1 Å². The van der Waals surface area contributed by atoms with Gasteiger partial charge in [-0.1, -0.05) is 30.3 Å². The van der Waals surface area contributed by atoms with Crippen LogP contribution in [0.3, 0.4) is 0 Å². The second-order valence-corrected chi connectivity index (χ2v) is 6.50. The number of carbonyl (C=O) groups excluding carboxylic acids is 1. The van der Waals surface area contributed by atoms with Gasteiger partial charge in [-0.2, -0.15) is 0 Å². The van der Waals surface area contributed by atoms with Gasteiger partial charge in [0.25, 0.3) is 5.91 Å². The zero-order valence-electron chi connectivity index (χ0n) is 13.8. The summed E-state index contributed by atoms with van der Waals surface area (Å²) in [5.41, 5.74) is 1.81. The number of benzene rings is 2. The summed E-state index contributed by atoms with van der Waals surface area (Å²) < 4.78 is 17.0. The summed E-state index contributed by atoms with van der Waals surface area (Å²) in [6.45, 7) is 2.06. The summed E-state index contributed by atoms with van der Waals surface area (Å²) >= 11 is 3.39. The lowest BCUT2D eigenvalue weighted by Gasteiger charge is -2.08. The zero-order chi connectivity index (χ0) is 17.5. The second kappa shape index (κ2) is 8.87. The molecule has 0 unspecified atom stereocenters. The van der Waals surface area contributed by atoms with Crippen molar-refractivity contribution in [2.75, 3.05) is 26.6 Å². The Morgan fingerprint density at radius 1 is 1.16 bits per heavy atom. The van der Waals surface area contributed by atoms with Gasteiger partial charge in [-0.3, -0.25) is 4.79 Å². The molecule has 0 bridgehead atoms. The van der Waals surface area contributed by atoms with Crippen molar-refractivity contribution in [2.45, 2.75) is 12.8 Å². The van der Waals surface area contributed by atoms with Gasteiger partial charge < -0.3 is 19.5 Å². The molecule has 2 aromatic rings. The second-order valence-electron chi connectivity index (χ2n) is 5.65. The lowest BCUT2D eigenvalue weighted by molar-refractivity contribution is 0.0941. The van der Waals surface area contributed by atoms with Crippen molar-refractivity contribution in [3.63, 3.8) is 0 Å². The van der Waals surface area contributed by atoms with E-state index in [4.69, 9.17) is 14.2 Å². The molecule has 1 N–H and O–H groups in total. The first-order chi connectivity index (χ1) is 12.2. The number of ether oxygens (including phenoxy) is 3. The van der Waals surface area contributed by atoms with Crippen LogP contribution in [0.2, 0.25) is 0 Å². The molecule has 132 valence electrons. The van der Waals surface area contributed by atoms with Crippen molar-refractivity contribution >= 4 is 21.8 Å². The lowest BCUT2D eigenvalue weighted by Crippen LogP contribution is -2.25. The summed E-state index contributed by atoms with van der Waals surface area (Å²) in [6.07, 6.45) is 1.67. The van der Waals surface area contributed by atoms with Crippen LogP contribution in [0.15, 0.2) is 46.9 Å². The highest BCUT2D eigenvalue weighted by Gasteiger charge is 2.20. The Morgan fingerprint density at radius 2 is 2.00 bits per heavy atom. The maximum atomic E-state index is 12.2. The third kappa shape index (κ3) is 4.96. The van der Waals surface area contributed by atoms with E-state index in [0.717, 1.165) is 17.3 Å². The molecular formula is C19H20BrNO4. The van der Waals surface area contributed by atoms with E-state index in [1.165, 1.54) is 5.56 Å². The molecule has 0 fully saturated rings. The van der Waals surface area contributed by atoms with Crippen LogP contribution in [-0.4, -0.2) is 32.5 Å². The fraction of sp³-hybridized carbons (Fsp3) is 0.316. The summed E-state index contributed by atoms with van der Waals surface area (Å²) in [6, 6.07) is 13.7. The zero-order valence-corrected chi connectivity index (χ0v) is 15.4. The number of hydrogen-bond donors (Lipinski definition) is 1. The third-order valence-electron chi connectivity index (χ3n) is 3.82. The average molecular weight is 406 g/mol. The maximum absolute atomic E-state index is 12.2. The number of fused-ring (bicyclic) bond motifs is 1. The predicted octanol–water partition coefficient (Wildman–Crippen LogP) is 3.56. The molecule has 1 heterocycles. The molecule has 2 aromatic carbocycles. The highest BCUT2D eigenvalue weighted by Crippen LogP contribution is 2.39. The Hall–Kier alpha value is -2.05. The molecule has 1 amide bonds. The van der Waals surface area contributed by atoms with Crippen molar-refractivity contribution in [3.8, 4) is 11.5 Å². The van der Waals surface area contributed by atoms with Gasteiger partial charge in [-0.05, 0) is 46.5 Å². The van der Waals surface area contributed by atoms with Gasteiger partial charge >= 0.3 is 0 Å². The van der Waals surface area contributed by atoms with Crippen LogP contribution >= 0.6 is 15.9 Å². The minimum absolute atomic E-state index is 0.136. The first kappa shape index (κ1) is 17.8. The molecule has 0 radical (unpaired) electrons. The molecule has 1 aliphatic rings. The average Bonchev–Trinajstić information content (AvgIpc) is 3.11. The van der Waals surface area contributed by atoms with Gasteiger partial charge in [0.2, 0.25) is 6.79 Å². The number of carbonyl (C=O) groups is 1. The normalized spacial score (nSPS) is 12.2. The maximum Gasteiger partial charge on any atom is 0.251 e. The molecule has 6 heteroatoms. The molecule has 25 heavy (non-hydrogen) atoms. The third-order valence-corrected chi connectivity index (χ3v) is 4.41. The highest BCUT2D eigenvalue weighted by atomic mass is 79.9. The number of nitrogens with one attached hydrogen (secondary N) is 1. The summed E-state index contributed by atoms with van der Waals surface area (Å²) in [5, 5.41) is 2.89. The Labute approximate surface area is 155 Å². The Kier molecular flexibility index (Phi) is 6.30. The predicted molar refractivity (Wildman–Crippen MR) is 98.2 cm³/mol. The van der Waals surface area contributed by atoms with Crippen LogP contribution in [0.5, 0.6) is 11.5 Å². The van der Waals surface area contributed by atoms with Gasteiger partial charge in [-0.15, -0.1) is 0 Å². The minimum atomic E-state index is -0.136. The van der Waals surface area contributed by atoms with Gasteiger partial charge in [0.1, 0.15) is 0 Å². The number of rotatable bonds is 8. The summed E-state index contributed by atoms with van der Waals surface area (Å²) in [4.78, 5) is 12.2.